The molecule has 0 aliphatic rings. The topological polar surface area (TPSA) is 73.9 Å². The first kappa shape index (κ1) is 19.3. The van der Waals surface area contributed by atoms with Gasteiger partial charge in [0.1, 0.15) is 11.5 Å². The Morgan fingerprint density at radius 3 is 2.23 bits per heavy atom. The Morgan fingerprint density at radius 1 is 0.962 bits per heavy atom. The van der Waals surface area contributed by atoms with Gasteiger partial charge in [0.2, 0.25) is 0 Å². The first-order chi connectivity index (χ1) is 12.6. The van der Waals surface area contributed by atoms with E-state index in [4.69, 9.17) is 14.2 Å². The molecule has 0 saturated carbocycles. The maximum absolute atomic E-state index is 12.0. The third-order valence-electron chi connectivity index (χ3n) is 3.56. The summed E-state index contributed by atoms with van der Waals surface area (Å²) in [6.07, 6.45) is 2.04. The normalized spacial score (nSPS) is 10.1. The van der Waals surface area contributed by atoms with Gasteiger partial charge in [-0.1, -0.05) is 13.3 Å². The van der Waals surface area contributed by atoms with Crippen molar-refractivity contribution in [2.45, 2.75) is 19.8 Å². The van der Waals surface area contributed by atoms with E-state index in [1.165, 1.54) is 0 Å². The molecule has 6 heteroatoms. The lowest BCUT2D eigenvalue weighted by molar-refractivity contribution is -0.119. The highest BCUT2D eigenvalue weighted by atomic mass is 16.5. The molecule has 0 aliphatic carbocycles. The first-order valence-electron chi connectivity index (χ1n) is 8.46. The smallest absolute Gasteiger partial charge is 0.338 e. The molecular weight excluding hydrogens is 334 g/mol. The second-order valence-corrected chi connectivity index (χ2v) is 5.58. The van der Waals surface area contributed by atoms with Crippen molar-refractivity contribution < 1.29 is 23.8 Å². The fraction of sp³-hybridized carbons (Fsp3) is 0.300. The van der Waals surface area contributed by atoms with Gasteiger partial charge >= 0.3 is 5.97 Å². The number of benzene rings is 2. The number of hydrogen-bond acceptors (Lipinski definition) is 5. The Bertz CT molecular complexity index is 710. The molecular formula is C20H23NO5. The van der Waals surface area contributed by atoms with E-state index in [1.807, 2.05) is 0 Å². The zero-order valence-electron chi connectivity index (χ0n) is 15.0. The molecule has 0 aromatic heterocycles. The van der Waals surface area contributed by atoms with E-state index in [0.29, 0.717) is 29.4 Å². The molecule has 0 bridgehead atoms. The summed E-state index contributed by atoms with van der Waals surface area (Å²) < 4.78 is 15.6. The Labute approximate surface area is 153 Å². The number of nitrogens with one attached hydrogen (secondary N) is 1. The number of carbonyl (C=O) groups is 2. The third kappa shape index (κ3) is 6.12. The minimum absolute atomic E-state index is 0.361. The lowest BCUT2D eigenvalue weighted by atomic mass is 10.2. The lowest BCUT2D eigenvalue weighted by Crippen LogP contribution is -2.20. The van der Waals surface area contributed by atoms with E-state index >= 15 is 0 Å². The molecule has 2 aromatic rings. The maximum Gasteiger partial charge on any atom is 0.338 e. The molecule has 1 amide bonds. The maximum atomic E-state index is 12.0. The van der Waals surface area contributed by atoms with Gasteiger partial charge in [0.15, 0.2) is 6.61 Å². The Balaban J connectivity index is 1.78. The van der Waals surface area contributed by atoms with Gasteiger partial charge in [-0.15, -0.1) is 0 Å². The molecule has 0 heterocycles. The van der Waals surface area contributed by atoms with Crippen LogP contribution in [0.5, 0.6) is 11.5 Å². The number of ether oxygens (including phenoxy) is 3. The van der Waals surface area contributed by atoms with E-state index in [2.05, 4.69) is 12.2 Å². The van der Waals surface area contributed by atoms with Crippen LogP contribution < -0.4 is 14.8 Å². The van der Waals surface area contributed by atoms with Crippen LogP contribution in [0.4, 0.5) is 5.69 Å². The molecule has 0 atom stereocenters. The Kier molecular flexibility index (Phi) is 7.49. The predicted molar refractivity (Wildman–Crippen MR) is 98.8 cm³/mol. The average Bonchev–Trinajstić information content (AvgIpc) is 2.67. The molecule has 1 N–H and O–H groups in total. The third-order valence-corrected chi connectivity index (χ3v) is 3.56. The van der Waals surface area contributed by atoms with Crippen LogP contribution in [-0.4, -0.2) is 32.2 Å². The van der Waals surface area contributed by atoms with E-state index in [9.17, 15) is 9.59 Å². The summed E-state index contributed by atoms with van der Waals surface area (Å²) in [5, 5.41) is 2.65. The van der Waals surface area contributed by atoms with Crippen molar-refractivity contribution in [3.8, 4) is 11.5 Å². The van der Waals surface area contributed by atoms with Gasteiger partial charge in [-0.25, -0.2) is 4.79 Å². The van der Waals surface area contributed by atoms with Crippen LogP contribution in [0.25, 0.3) is 0 Å². The van der Waals surface area contributed by atoms with Crippen molar-refractivity contribution in [3.63, 3.8) is 0 Å². The van der Waals surface area contributed by atoms with Gasteiger partial charge in [0.25, 0.3) is 5.91 Å². The number of methoxy groups -OCH3 is 1. The van der Waals surface area contributed by atoms with Crippen LogP contribution >= 0.6 is 0 Å². The average molecular weight is 357 g/mol. The zero-order chi connectivity index (χ0) is 18.8. The van der Waals surface area contributed by atoms with Gasteiger partial charge < -0.3 is 19.5 Å². The van der Waals surface area contributed by atoms with Crippen molar-refractivity contribution in [1.82, 2.24) is 0 Å². The van der Waals surface area contributed by atoms with Crippen molar-refractivity contribution in [3.05, 3.63) is 54.1 Å². The largest absolute Gasteiger partial charge is 0.497 e. The predicted octanol–water partition coefficient (Wildman–Crippen LogP) is 3.67. The second kappa shape index (κ2) is 10.1. The van der Waals surface area contributed by atoms with Crippen molar-refractivity contribution in [1.29, 1.82) is 0 Å². The molecule has 0 fully saturated rings. The summed E-state index contributed by atoms with van der Waals surface area (Å²) in [6.45, 7) is 2.37. The summed E-state index contributed by atoms with van der Waals surface area (Å²) in [5.74, 6) is 0.418. The van der Waals surface area contributed by atoms with Crippen LogP contribution in [0.2, 0.25) is 0 Å². The van der Waals surface area contributed by atoms with Gasteiger partial charge in [0, 0.05) is 5.69 Å². The highest BCUT2D eigenvalue weighted by Gasteiger charge is 2.10. The summed E-state index contributed by atoms with van der Waals surface area (Å²) in [6, 6.07) is 13.5. The van der Waals surface area contributed by atoms with Gasteiger partial charge in [-0.3, -0.25) is 4.79 Å². The quantitative estimate of drug-likeness (QED) is 0.547. The molecule has 2 aromatic carbocycles. The van der Waals surface area contributed by atoms with Crippen molar-refractivity contribution >= 4 is 17.6 Å². The summed E-state index contributed by atoms with van der Waals surface area (Å²) in [7, 11) is 1.57. The highest BCUT2D eigenvalue weighted by molar-refractivity contribution is 5.95. The van der Waals surface area contributed by atoms with Gasteiger partial charge in [-0.2, -0.15) is 0 Å². The molecule has 26 heavy (non-hydrogen) atoms. The molecule has 0 saturated heterocycles. The first-order valence-corrected chi connectivity index (χ1v) is 8.46. The van der Waals surface area contributed by atoms with Crippen LogP contribution in [0, 0.1) is 0 Å². The molecule has 0 unspecified atom stereocenters. The van der Waals surface area contributed by atoms with Crippen LogP contribution in [0.3, 0.4) is 0 Å². The zero-order valence-corrected chi connectivity index (χ0v) is 15.0. The van der Waals surface area contributed by atoms with Crippen LogP contribution in [-0.2, 0) is 9.53 Å². The fourth-order valence-electron chi connectivity index (χ4n) is 2.11. The molecule has 0 spiro atoms. The molecule has 0 aliphatic heterocycles. The molecule has 0 radical (unpaired) electrons. The second-order valence-electron chi connectivity index (χ2n) is 5.58. The van der Waals surface area contributed by atoms with Crippen molar-refractivity contribution in [2.75, 3.05) is 25.6 Å². The monoisotopic (exact) mass is 357 g/mol. The number of unbranched alkanes of at least 4 members (excludes halogenated alkanes) is 1. The number of esters is 1. The number of hydrogen-bond donors (Lipinski definition) is 1. The van der Waals surface area contributed by atoms with Gasteiger partial charge in [0.05, 0.1) is 19.3 Å². The number of amides is 1. The van der Waals surface area contributed by atoms with Crippen molar-refractivity contribution in [2.24, 2.45) is 0 Å². The lowest BCUT2D eigenvalue weighted by Gasteiger charge is -2.08. The summed E-state index contributed by atoms with van der Waals surface area (Å²) >= 11 is 0. The molecule has 6 nitrogen and oxygen atoms in total. The minimum atomic E-state index is -0.560. The Morgan fingerprint density at radius 2 is 1.62 bits per heavy atom. The Hall–Kier alpha value is -3.02. The summed E-state index contributed by atoms with van der Waals surface area (Å²) in [5.41, 5.74) is 0.963. The number of rotatable bonds is 9. The standard InChI is InChI=1S/C20H23NO5/c1-3-4-13-25-18-9-5-15(6-10-18)20(23)26-14-19(22)21-16-7-11-17(24-2)12-8-16/h5-12H,3-4,13-14H2,1-2H3,(H,21,22). The highest BCUT2D eigenvalue weighted by Crippen LogP contribution is 2.15. The fourth-order valence-corrected chi connectivity index (χ4v) is 2.11. The van der Waals surface area contributed by atoms with E-state index in [0.717, 1.165) is 12.8 Å². The van der Waals surface area contributed by atoms with Crippen LogP contribution in [0.1, 0.15) is 30.1 Å². The number of anilines is 1. The molecule has 2 rings (SSSR count). The van der Waals surface area contributed by atoms with Crippen LogP contribution in [0.15, 0.2) is 48.5 Å². The van der Waals surface area contributed by atoms with E-state index < -0.39 is 11.9 Å². The number of carbonyl (C=O) groups excluding carboxylic acids is 2. The molecule has 138 valence electrons. The van der Waals surface area contributed by atoms with E-state index in [-0.39, 0.29) is 6.61 Å². The minimum Gasteiger partial charge on any atom is -0.497 e. The van der Waals surface area contributed by atoms with E-state index in [1.54, 1.807) is 55.6 Å². The van der Waals surface area contributed by atoms with Gasteiger partial charge in [-0.05, 0) is 55.0 Å². The summed E-state index contributed by atoms with van der Waals surface area (Å²) in [4.78, 5) is 23.9. The SMILES string of the molecule is CCCCOc1ccc(C(=O)OCC(=O)Nc2ccc(OC)cc2)cc1.